The van der Waals surface area contributed by atoms with Gasteiger partial charge in [0.15, 0.2) is 6.73 Å². The van der Waals surface area contributed by atoms with Crippen molar-refractivity contribution >= 4 is 23.9 Å². The van der Waals surface area contributed by atoms with Gasteiger partial charge in [-0.1, -0.05) is 91.0 Å². The van der Waals surface area contributed by atoms with Crippen LogP contribution < -0.4 is 5.32 Å². The van der Waals surface area contributed by atoms with Gasteiger partial charge in [0.1, 0.15) is 18.6 Å². The summed E-state index contributed by atoms with van der Waals surface area (Å²) >= 11 is 0. The first-order valence-corrected chi connectivity index (χ1v) is 11.1. The number of amides is 3. The molecule has 0 radical (unpaired) electrons. The van der Waals surface area contributed by atoms with Gasteiger partial charge in [0.2, 0.25) is 11.8 Å². The van der Waals surface area contributed by atoms with Crippen LogP contribution in [0.15, 0.2) is 91.0 Å². The molecule has 8 nitrogen and oxygen atoms in total. The second kappa shape index (κ2) is 10.6. The number of imide groups is 1. The van der Waals surface area contributed by atoms with Crippen LogP contribution in [0.4, 0.5) is 4.79 Å². The standard InChI is InChI=1S/C27H24N2O6/c30-23-16-27(21-12-6-2-7-13-21,22-14-8-3-9-15-22)25(32)29(23)19-35-24(31)17-28-26(33)34-18-20-10-4-1-5-11-20/h1-15H,16-19H2,(H,28,33). The van der Waals surface area contributed by atoms with Gasteiger partial charge in [0, 0.05) is 0 Å². The lowest BCUT2D eigenvalue weighted by atomic mass is 9.73. The molecule has 0 unspecified atom stereocenters. The summed E-state index contributed by atoms with van der Waals surface area (Å²) in [6, 6.07) is 27.2. The largest absolute Gasteiger partial charge is 0.445 e. The van der Waals surface area contributed by atoms with Crippen LogP contribution in [0.5, 0.6) is 0 Å². The number of carbonyl (C=O) groups excluding carboxylic acids is 4. The van der Waals surface area contributed by atoms with Crippen molar-refractivity contribution < 1.29 is 28.7 Å². The number of nitrogens with zero attached hydrogens (tertiary/aromatic N) is 1. The number of hydrogen-bond acceptors (Lipinski definition) is 6. The molecule has 0 aliphatic carbocycles. The topological polar surface area (TPSA) is 102 Å². The molecular weight excluding hydrogens is 448 g/mol. The summed E-state index contributed by atoms with van der Waals surface area (Å²) in [4.78, 5) is 51.3. The number of nitrogens with one attached hydrogen (secondary N) is 1. The van der Waals surface area contributed by atoms with Crippen molar-refractivity contribution in [2.45, 2.75) is 18.4 Å². The number of benzene rings is 3. The van der Waals surface area contributed by atoms with Crippen LogP contribution in [0, 0.1) is 0 Å². The highest BCUT2D eigenvalue weighted by Gasteiger charge is 2.54. The van der Waals surface area contributed by atoms with Gasteiger partial charge in [-0.15, -0.1) is 0 Å². The smallest absolute Gasteiger partial charge is 0.407 e. The maximum Gasteiger partial charge on any atom is 0.407 e. The Morgan fingerprint density at radius 3 is 1.91 bits per heavy atom. The number of rotatable bonds is 8. The van der Waals surface area contributed by atoms with E-state index in [-0.39, 0.29) is 13.0 Å². The third kappa shape index (κ3) is 5.22. The fourth-order valence-corrected chi connectivity index (χ4v) is 4.04. The van der Waals surface area contributed by atoms with Crippen molar-refractivity contribution in [2.75, 3.05) is 13.3 Å². The predicted molar refractivity (Wildman–Crippen MR) is 126 cm³/mol. The highest BCUT2D eigenvalue weighted by Crippen LogP contribution is 2.42. The minimum absolute atomic E-state index is 0.0551. The van der Waals surface area contributed by atoms with E-state index in [0.29, 0.717) is 11.1 Å². The molecule has 3 aromatic rings. The van der Waals surface area contributed by atoms with Crippen molar-refractivity contribution in [3.8, 4) is 0 Å². The van der Waals surface area contributed by atoms with E-state index in [4.69, 9.17) is 9.47 Å². The van der Waals surface area contributed by atoms with Crippen LogP contribution in [0.25, 0.3) is 0 Å². The lowest BCUT2D eigenvalue weighted by Crippen LogP contribution is -2.41. The number of ether oxygens (including phenoxy) is 2. The molecule has 1 aliphatic heterocycles. The van der Waals surface area contributed by atoms with Crippen molar-refractivity contribution in [2.24, 2.45) is 0 Å². The first-order valence-electron chi connectivity index (χ1n) is 11.1. The number of hydrogen-bond donors (Lipinski definition) is 1. The number of likely N-dealkylation sites (tertiary alicyclic amines) is 1. The Balaban J connectivity index is 1.36. The molecular formula is C27H24N2O6. The lowest BCUT2D eigenvalue weighted by Gasteiger charge is -2.28. The quantitative estimate of drug-likeness (QED) is 0.399. The van der Waals surface area contributed by atoms with Crippen molar-refractivity contribution in [3.63, 3.8) is 0 Å². The van der Waals surface area contributed by atoms with Crippen molar-refractivity contribution in [3.05, 3.63) is 108 Å². The van der Waals surface area contributed by atoms with Gasteiger partial charge in [-0.3, -0.25) is 14.4 Å². The van der Waals surface area contributed by atoms with Gasteiger partial charge >= 0.3 is 12.1 Å². The molecule has 0 spiro atoms. The van der Waals surface area contributed by atoms with E-state index >= 15 is 0 Å². The monoisotopic (exact) mass is 472 g/mol. The van der Waals surface area contributed by atoms with Gasteiger partial charge < -0.3 is 14.8 Å². The molecule has 3 aromatic carbocycles. The van der Waals surface area contributed by atoms with Crippen LogP contribution in [0.2, 0.25) is 0 Å². The van der Waals surface area contributed by atoms with E-state index in [1.54, 1.807) is 36.4 Å². The Bertz CT molecular complexity index is 1160. The third-order valence-corrected chi connectivity index (χ3v) is 5.81. The van der Waals surface area contributed by atoms with E-state index in [1.165, 1.54) is 0 Å². The minimum atomic E-state index is -1.20. The van der Waals surface area contributed by atoms with Gasteiger partial charge in [0.25, 0.3) is 0 Å². The van der Waals surface area contributed by atoms with E-state index < -0.39 is 42.6 Å². The lowest BCUT2D eigenvalue weighted by molar-refractivity contribution is -0.155. The fraction of sp³-hybridized carbons (Fsp3) is 0.185. The maximum absolute atomic E-state index is 13.6. The minimum Gasteiger partial charge on any atom is -0.445 e. The van der Waals surface area contributed by atoms with Crippen LogP contribution in [0.3, 0.4) is 0 Å². The average Bonchev–Trinajstić information content (AvgIpc) is 3.16. The average molecular weight is 472 g/mol. The second-order valence-corrected chi connectivity index (χ2v) is 8.00. The first kappa shape index (κ1) is 23.7. The van der Waals surface area contributed by atoms with Gasteiger partial charge in [0.05, 0.1) is 6.42 Å². The van der Waals surface area contributed by atoms with Gasteiger partial charge in [-0.05, 0) is 16.7 Å². The van der Waals surface area contributed by atoms with Gasteiger partial charge in [-0.25, -0.2) is 9.69 Å². The zero-order chi connectivity index (χ0) is 24.7. The highest BCUT2D eigenvalue weighted by molar-refractivity contribution is 6.11. The molecule has 178 valence electrons. The maximum atomic E-state index is 13.6. The van der Waals surface area contributed by atoms with Crippen LogP contribution in [-0.4, -0.2) is 42.1 Å². The number of alkyl carbamates (subject to hydrolysis) is 1. The zero-order valence-electron chi connectivity index (χ0n) is 18.9. The number of carbonyl (C=O) groups is 4. The second-order valence-electron chi connectivity index (χ2n) is 8.00. The normalized spacial score (nSPS) is 14.5. The first-order chi connectivity index (χ1) is 17.0. The molecule has 0 saturated carbocycles. The van der Waals surface area contributed by atoms with Crippen LogP contribution >= 0.6 is 0 Å². The fourth-order valence-electron chi connectivity index (χ4n) is 4.04. The van der Waals surface area contributed by atoms with Gasteiger partial charge in [-0.2, -0.15) is 0 Å². The number of esters is 1. The summed E-state index contributed by atoms with van der Waals surface area (Å²) in [5, 5.41) is 2.29. The molecule has 1 N–H and O–H groups in total. The Kier molecular flexibility index (Phi) is 7.21. The molecule has 0 bridgehead atoms. The van der Waals surface area contributed by atoms with E-state index in [0.717, 1.165) is 10.5 Å². The summed E-state index contributed by atoms with van der Waals surface area (Å²) in [5.74, 6) is -1.73. The van der Waals surface area contributed by atoms with Crippen LogP contribution in [0.1, 0.15) is 23.1 Å². The molecule has 4 rings (SSSR count). The third-order valence-electron chi connectivity index (χ3n) is 5.81. The Morgan fingerprint density at radius 2 is 1.34 bits per heavy atom. The Labute approximate surface area is 202 Å². The van der Waals surface area contributed by atoms with E-state index in [1.807, 2.05) is 54.6 Å². The van der Waals surface area contributed by atoms with E-state index in [2.05, 4.69) is 5.32 Å². The van der Waals surface area contributed by atoms with E-state index in [9.17, 15) is 19.2 Å². The molecule has 1 heterocycles. The summed E-state index contributed by atoms with van der Waals surface area (Å²) in [7, 11) is 0. The molecule has 1 fully saturated rings. The van der Waals surface area contributed by atoms with Crippen molar-refractivity contribution in [1.82, 2.24) is 10.2 Å². The molecule has 1 saturated heterocycles. The molecule has 35 heavy (non-hydrogen) atoms. The molecule has 3 amide bonds. The molecule has 8 heteroatoms. The summed E-state index contributed by atoms with van der Waals surface area (Å²) in [6.45, 7) is -0.954. The predicted octanol–water partition coefficient (Wildman–Crippen LogP) is 3.16. The molecule has 1 aliphatic rings. The molecule has 0 atom stereocenters. The van der Waals surface area contributed by atoms with Crippen molar-refractivity contribution in [1.29, 1.82) is 0 Å². The summed E-state index contributed by atoms with van der Waals surface area (Å²) in [5.41, 5.74) is 0.963. The summed E-state index contributed by atoms with van der Waals surface area (Å²) in [6.07, 6.45) is -0.868. The highest BCUT2D eigenvalue weighted by atomic mass is 16.6. The Morgan fingerprint density at radius 1 is 0.800 bits per heavy atom. The van der Waals surface area contributed by atoms with Crippen LogP contribution in [-0.2, 0) is 35.9 Å². The SMILES string of the molecule is O=C(CNC(=O)OCc1ccccc1)OCN1C(=O)CC(c2ccccc2)(c2ccccc2)C1=O. The summed E-state index contributed by atoms with van der Waals surface area (Å²) < 4.78 is 10.2. The molecule has 0 aromatic heterocycles. The zero-order valence-corrected chi connectivity index (χ0v) is 18.9. The Hall–Kier alpha value is -4.46.